The number of ether oxygens (including phenoxy) is 1. The average Bonchev–Trinajstić information content (AvgIpc) is 2.48. The number of nitrogens with zero attached hydrogens (tertiary/aromatic N) is 2. The van der Waals surface area contributed by atoms with E-state index >= 15 is 0 Å². The van der Waals surface area contributed by atoms with Crippen molar-refractivity contribution in [1.29, 1.82) is 0 Å². The second kappa shape index (κ2) is 7.13. The normalized spacial score (nSPS) is 16.3. The van der Waals surface area contributed by atoms with Gasteiger partial charge in [-0.2, -0.15) is 0 Å². The number of hydrogen-bond acceptors (Lipinski definition) is 4. The van der Waals surface area contributed by atoms with Gasteiger partial charge in [0.2, 0.25) is 0 Å². The maximum Gasteiger partial charge on any atom is 0.303 e. The van der Waals surface area contributed by atoms with Crippen LogP contribution in [0.4, 0.5) is 0 Å². The summed E-state index contributed by atoms with van der Waals surface area (Å²) in [6.07, 6.45) is 0. The summed E-state index contributed by atoms with van der Waals surface area (Å²) >= 11 is 0. The first-order valence-electron chi connectivity index (χ1n) is 8.05. The zero-order valence-electron chi connectivity index (χ0n) is 14.5. The molecule has 0 unspecified atom stereocenters. The van der Waals surface area contributed by atoms with Crippen LogP contribution in [0.25, 0.3) is 0 Å². The van der Waals surface area contributed by atoms with Crippen molar-refractivity contribution in [3.63, 3.8) is 0 Å². The van der Waals surface area contributed by atoms with Crippen molar-refractivity contribution >= 4 is 11.9 Å². The number of hydrogen-bond donors (Lipinski definition) is 0. The van der Waals surface area contributed by atoms with E-state index < -0.39 is 11.6 Å². The quantitative estimate of drug-likeness (QED) is 0.797. The van der Waals surface area contributed by atoms with E-state index in [0.717, 1.165) is 19.6 Å². The fourth-order valence-electron chi connectivity index (χ4n) is 2.92. The number of carbonyl (C=O) groups excluding carboxylic acids is 2. The summed E-state index contributed by atoms with van der Waals surface area (Å²) in [4.78, 5) is 27.8. The summed E-state index contributed by atoms with van der Waals surface area (Å²) in [5.41, 5.74) is 1.53. The molecule has 1 aromatic rings. The van der Waals surface area contributed by atoms with E-state index in [1.165, 1.54) is 18.1 Å². The second-order valence-electron chi connectivity index (χ2n) is 6.60. The third-order valence-electron chi connectivity index (χ3n) is 4.23. The van der Waals surface area contributed by atoms with Crippen LogP contribution in [0.2, 0.25) is 0 Å². The van der Waals surface area contributed by atoms with Gasteiger partial charge in [-0.1, -0.05) is 24.3 Å². The highest BCUT2D eigenvalue weighted by Crippen LogP contribution is 2.17. The van der Waals surface area contributed by atoms with Crippen LogP contribution in [-0.2, 0) is 20.9 Å². The van der Waals surface area contributed by atoms with Crippen LogP contribution < -0.4 is 0 Å². The lowest BCUT2D eigenvalue weighted by Gasteiger charge is -2.38. The number of piperazine rings is 1. The van der Waals surface area contributed by atoms with E-state index in [9.17, 15) is 9.59 Å². The van der Waals surface area contributed by atoms with Crippen molar-refractivity contribution in [2.75, 3.05) is 26.2 Å². The van der Waals surface area contributed by atoms with Gasteiger partial charge in [-0.05, 0) is 31.9 Å². The van der Waals surface area contributed by atoms with Gasteiger partial charge >= 0.3 is 5.97 Å². The minimum absolute atomic E-state index is 0.122. The number of benzene rings is 1. The Balaban J connectivity index is 1.90. The average molecular weight is 318 g/mol. The fraction of sp³-hybridized carbons (Fsp3) is 0.556. The van der Waals surface area contributed by atoms with E-state index in [-0.39, 0.29) is 5.91 Å². The summed E-state index contributed by atoms with van der Waals surface area (Å²) in [7, 11) is 0. The highest BCUT2D eigenvalue weighted by atomic mass is 16.6. The molecular weight excluding hydrogens is 292 g/mol. The molecular formula is C18H26N2O3. The molecule has 0 atom stereocenters. The van der Waals surface area contributed by atoms with Gasteiger partial charge in [0.1, 0.15) is 0 Å². The van der Waals surface area contributed by atoms with Crippen LogP contribution >= 0.6 is 0 Å². The first-order chi connectivity index (χ1) is 10.8. The molecule has 0 aromatic heterocycles. The number of rotatable bonds is 4. The van der Waals surface area contributed by atoms with Crippen molar-refractivity contribution in [3.05, 3.63) is 35.4 Å². The van der Waals surface area contributed by atoms with Gasteiger partial charge in [0.05, 0.1) is 0 Å². The third kappa shape index (κ3) is 4.55. The summed E-state index contributed by atoms with van der Waals surface area (Å²) in [5.74, 6) is -0.551. The van der Waals surface area contributed by atoms with Gasteiger partial charge in [-0.15, -0.1) is 0 Å². The molecule has 1 amide bonds. The van der Waals surface area contributed by atoms with Crippen molar-refractivity contribution in [2.45, 2.75) is 39.8 Å². The van der Waals surface area contributed by atoms with Gasteiger partial charge in [0.25, 0.3) is 5.91 Å². The van der Waals surface area contributed by atoms with E-state index in [1.807, 2.05) is 6.07 Å². The fourth-order valence-corrected chi connectivity index (χ4v) is 2.92. The van der Waals surface area contributed by atoms with Gasteiger partial charge < -0.3 is 9.64 Å². The molecule has 0 saturated carbocycles. The molecule has 1 fully saturated rings. The molecule has 1 aliphatic heterocycles. The zero-order chi connectivity index (χ0) is 17.0. The molecule has 5 nitrogen and oxygen atoms in total. The molecule has 0 N–H and O–H groups in total. The van der Waals surface area contributed by atoms with Crippen molar-refractivity contribution in [1.82, 2.24) is 9.80 Å². The van der Waals surface area contributed by atoms with E-state index in [2.05, 4.69) is 30.0 Å². The van der Waals surface area contributed by atoms with Gasteiger partial charge in [-0.3, -0.25) is 14.5 Å². The predicted molar refractivity (Wildman–Crippen MR) is 88.9 cm³/mol. The largest absolute Gasteiger partial charge is 0.450 e. The van der Waals surface area contributed by atoms with Crippen LogP contribution in [0.15, 0.2) is 24.3 Å². The molecule has 0 bridgehead atoms. The molecule has 0 aliphatic carbocycles. The highest BCUT2D eigenvalue weighted by molar-refractivity contribution is 5.86. The minimum Gasteiger partial charge on any atom is -0.450 e. The second-order valence-corrected chi connectivity index (χ2v) is 6.60. The lowest BCUT2D eigenvalue weighted by atomic mass is 10.1. The maximum absolute atomic E-state index is 12.5. The van der Waals surface area contributed by atoms with Crippen molar-refractivity contribution in [3.8, 4) is 0 Å². The molecule has 23 heavy (non-hydrogen) atoms. The summed E-state index contributed by atoms with van der Waals surface area (Å²) < 4.78 is 5.15. The predicted octanol–water partition coefficient (Wildman–Crippen LogP) is 1.98. The minimum atomic E-state index is -1.09. The first kappa shape index (κ1) is 17.5. The Morgan fingerprint density at radius 2 is 1.74 bits per heavy atom. The molecule has 1 aromatic carbocycles. The van der Waals surface area contributed by atoms with Crippen LogP contribution in [0, 0.1) is 6.92 Å². The molecule has 126 valence electrons. The zero-order valence-corrected chi connectivity index (χ0v) is 14.5. The van der Waals surface area contributed by atoms with Crippen LogP contribution in [0.3, 0.4) is 0 Å². The van der Waals surface area contributed by atoms with Crippen molar-refractivity contribution in [2.24, 2.45) is 0 Å². The topological polar surface area (TPSA) is 49.9 Å². The van der Waals surface area contributed by atoms with E-state index in [0.29, 0.717) is 13.1 Å². The van der Waals surface area contributed by atoms with E-state index in [1.54, 1.807) is 18.7 Å². The first-order valence-corrected chi connectivity index (χ1v) is 8.05. The van der Waals surface area contributed by atoms with Crippen LogP contribution in [0.1, 0.15) is 31.9 Å². The van der Waals surface area contributed by atoms with Gasteiger partial charge in [0, 0.05) is 39.6 Å². The smallest absolute Gasteiger partial charge is 0.303 e. The Morgan fingerprint density at radius 1 is 1.13 bits per heavy atom. The number of carbonyl (C=O) groups is 2. The Labute approximate surface area is 138 Å². The summed E-state index contributed by atoms with van der Waals surface area (Å²) in [6.45, 7) is 10.6. The van der Waals surface area contributed by atoms with Gasteiger partial charge in [-0.25, -0.2) is 0 Å². The van der Waals surface area contributed by atoms with Crippen LogP contribution in [0.5, 0.6) is 0 Å². The molecule has 0 radical (unpaired) electrons. The molecule has 5 heteroatoms. The van der Waals surface area contributed by atoms with Crippen LogP contribution in [-0.4, -0.2) is 53.5 Å². The highest BCUT2D eigenvalue weighted by Gasteiger charge is 2.36. The molecule has 1 saturated heterocycles. The summed E-state index contributed by atoms with van der Waals surface area (Å²) in [6, 6.07) is 8.38. The lowest BCUT2D eigenvalue weighted by molar-refractivity contribution is -0.169. The Kier molecular flexibility index (Phi) is 5.42. The Hall–Kier alpha value is -1.88. The molecule has 1 aliphatic rings. The molecule has 1 heterocycles. The standard InChI is InChI=1S/C18H26N2O3/c1-14-7-5-6-8-16(14)13-19-9-11-20(12-10-19)17(22)18(3,4)23-15(2)21/h5-8H,9-13H2,1-4H3. The number of amides is 1. The third-order valence-corrected chi connectivity index (χ3v) is 4.23. The maximum atomic E-state index is 12.5. The van der Waals surface area contributed by atoms with Gasteiger partial charge in [0.15, 0.2) is 5.60 Å². The SMILES string of the molecule is CC(=O)OC(C)(C)C(=O)N1CCN(Cc2ccccc2C)CC1. The van der Waals surface area contributed by atoms with Crippen molar-refractivity contribution < 1.29 is 14.3 Å². The lowest BCUT2D eigenvalue weighted by Crippen LogP contribution is -2.54. The summed E-state index contributed by atoms with van der Waals surface area (Å²) in [5, 5.41) is 0. The molecule has 2 rings (SSSR count). The number of esters is 1. The number of aryl methyl sites for hydroxylation is 1. The molecule has 0 spiro atoms. The Bertz CT molecular complexity index is 575. The monoisotopic (exact) mass is 318 g/mol. The van der Waals surface area contributed by atoms with E-state index in [4.69, 9.17) is 4.74 Å². The Morgan fingerprint density at radius 3 is 2.30 bits per heavy atom.